The number of hydrogen-bond donors (Lipinski definition) is 1. The number of aromatic nitrogens is 5. The van der Waals surface area contributed by atoms with E-state index in [1.807, 2.05) is 30.5 Å². The zero-order valence-electron chi connectivity index (χ0n) is 15.8. The van der Waals surface area contributed by atoms with Gasteiger partial charge in [0.2, 0.25) is 5.95 Å². The van der Waals surface area contributed by atoms with Crippen molar-refractivity contribution in [3.8, 4) is 5.75 Å². The number of nitrogen functional groups attached to an aromatic ring is 1. The van der Waals surface area contributed by atoms with Gasteiger partial charge in [-0.15, -0.1) is 5.10 Å². The highest BCUT2D eigenvalue weighted by atomic mass is 16.5. The molecule has 142 valence electrons. The molecule has 1 unspecified atom stereocenters. The summed E-state index contributed by atoms with van der Waals surface area (Å²) in [7, 11) is 1.62. The normalized spacial score (nSPS) is 15.2. The van der Waals surface area contributed by atoms with Gasteiger partial charge in [-0.2, -0.15) is 4.52 Å². The van der Waals surface area contributed by atoms with Gasteiger partial charge in [-0.1, -0.05) is 12.1 Å². The first kappa shape index (κ1) is 16.9. The summed E-state index contributed by atoms with van der Waals surface area (Å²) < 4.78 is 7.03. The highest BCUT2D eigenvalue weighted by Gasteiger charge is 2.25. The molecule has 1 atom stereocenters. The van der Waals surface area contributed by atoms with Crippen LogP contribution in [0.15, 0.2) is 36.5 Å². The van der Waals surface area contributed by atoms with Crippen LogP contribution in [0.1, 0.15) is 24.0 Å². The number of pyridine rings is 1. The van der Waals surface area contributed by atoms with Crippen molar-refractivity contribution in [2.24, 2.45) is 0 Å². The Morgan fingerprint density at radius 2 is 2.07 bits per heavy atom. The van der Waals surface area contributed by atoms with Gasteiger partial charge in [0.25, 0.3) is 0 Å². The molecule has 0 saturated heterocycles. The maximum absolute atomic E-state index is 6.14. The Morgan fingerprint density at radius 3 is 2.89 bits per heavy atom. The van der Waals surface area contributed by atoms with Crippen molar-refractivity contribution in [2.45, 2.75) is 32.5 Å². The van der Waals surface area contributed by atoms with Gasteiger partial charge < -0.3 is 10.5 Å². The number of nitrogens with zero attached hydrogens (tertiary/aromatic N) is 6. The lowest BCUT2D eigenvalue weighted by Gasteiger charge is -2.22. The fraction of sp³-hybridized carbons (Fsp3) is 0.300. The van der Waals surface area contributed by atoms with Crippen LogP contribution < -0.4 is 10.5 Å². The minimum atomic E-state index is 0.279. The quantitative estimate of drug-likeness (QED) is 0.584. The van der Waals surface area contributed by atoms with Crippen molar-refractivity contribution in [3.63, 3.8) is 0 Å². The number of para-hydroxylation sites is 1. The van der Waals surface area contributed by atoms with E-state index >= 15 is 0 Å². The number of methoxy groups -OCH3 is 1. The minimum absolute atomic E-state index is 0.279. The maximum Gasteiger partial charge on any atom is 0.223 e. The summed E-state index contributed by atoms with van der Waals surface area (Å²) in [5.74, 6) is 1.73. The molecule has 3 aromatic heterocycles. The molecule has 0 aliphatic carbocycles. The molecule has 0 saturated carbocycles. The molecule has 2 N–H and O–H groups in total. The van der Waals surface area contributed by atoms with Crippen LogP contribution in [-0.4, -0.2) is 42.6 Å². The van der Waals surface area contributed by atoms with Crippen molar-refractivity contribution < 1.29 is 4.74 Å². The van der Waals surface area contributed by atoms with E-state index in [-0.39, 0.29) is 6.04 Å². The Bertz CT molecular complexity index is 1160. The average molecular weight is 375 g/mol. The average Bonchev–Trinajstić information content (AvgIpc) is 3.32. The van der Waals surface area contributed by atoms with Crippen LogP contribution in [0.25, 0.3) is 16.6 Å². The molecule has 0 bridgehead atoms. The van der Waals surface area contributed by atoms with E-state index in [2.05, 4.69) is 33.0 Å². The zero-order valence-corrected chi connectivity index (χ0v) is 15.8. The molecule has 0 fully saturated rings. The highest BCUT2D eigenvalue weighted by Crippen LogP contribution is 2.28. The summed E-state index contributed by atoms with van der Waals surface area (Å²) in [6, 6.07) is 10.2. The predicted octanol–water partition coefficient (Wildman–Crippen LogP) is 2.21. The SMILES string of the molecule is COc1cccc2c1nc(N)n1nc(CC(C)N3Cc4cccnc4C3)nc21. The predicted molar refractivity (Wildman–Crippen MR) is 106 cm³/mol. The van der Waals surface area contributed by atoms with E-state index in [1.54, 1.807) is 11.6 Å². The number of hydrogen-bond acceptors (Lipinski definition) is 7. The summed E-state index contributed by atoms with van der Waals surface area (Å²) in [5.41, 5.74) is 10.00. The molecule has 5 rings (SSSR count). The molecule has 1 aromatic carbocycles. The highest BCUT2D eigenvalue weighted by molar-refractivity contribution is 5.95. The van der Waals surface area contributed by atoms with Crippen LogP contribution in [0.3, 0.4) is 0 Å². The number of rotatable bonds is 4. The van der Waals surface area contributed by atoms with E-state index in [0.717, 1.165) is 36.4 Å². The van der Waals surface area contributed by atoms with Gasteiger partial charge in [-0.25, -0.2) is 9.97 Å². The molecule has 0 radical (unpaired) electrons. The second-order valence-corrected chi connectivity index (χ2v) is 7.16. The first-order valence-electron chi connectivity index (χ1n) is 9.28. The Hall–Kier alpha value is -3.26. The second-order valence-electron chi connectivity index (χ2n) is 7.16. The van der Waals surface area contributed by atoms with Crippen molar-refractivity contribution in [2.75, 3.05) is 12.8 Å². The van der Waals surface area contributed by atoms with Gasteiger partial charge in [0.05, 0.1) is 12.8 Å². The zero-order chi connectivity index (χ0) is 19.3. The third kappa shape index (κ3) is 2.65. The van der Waals surface area contributed by atoms with E-state index in [9.17, 15) is 0 Å². The molecule has 4 aromatic rings. The summed E-state index contributed by atoms with van der Waals surface area (Å²) in [6.45, 7) is 3.95. The summed E-state index contributed by atoms with van der Waals surface area (Å²) in [6.07, 6.45) is 2.58. The maximum atomic E-state index is 6.14. The summed E-state index contributed by atoms with van der Waals surface area (Å²) >= 11 is 0. The smallest absolute Gasteiger partial charge is 0.223 e. The van der Waals surface area contributed by atoms with Gasteiger partial charge in [0.15, 0.2) is 11.5 Å². The van der Waals surface area contributed by atoms with Crippen molar-refractivity contribution in [1.82, 2.24) is 29.5 Å². The monoisotopic (exact) mass is 375 g/mol. The van der Waals surface area contributed by atoms with E-state index < -0.39 is 0 Å². The molecule has 28 heavy (non-hydrogen) atoms. The molecule has 8 heteroatoms. The Kier molecular flexibility index (Phi) is 3.87. The van der Waals surface area contributed by atoms with E-state index in [1.165, 1.54) is 5.56 Å². The first-order valence-corrected chi connectivity index (χ1v) is 9.28. The van der Waals surface area contributed by atoms with Crippen LogP contribution in [0, 0.1) is 0 Å². The molecule has 8 nitrogen and oxygen atoms in total. The third-order valence-corrected chi connectivity index (χ3v) is 5.37. The summed E-state index contributed by atoms with van der Waals surface area (Å²) in [4.78, 5) is 16.1. The lowest BCUT2D eigenvalue weighted by Crippen LogP contribution is -2.30. The number of fused-ring (bicyclic) bond motifs is 4. The molecule has 1 aliphatic rings. The topological polar surface area (TPSA) is 94.5 Å². The van der Waals surface area contributed by atoms with Crippen LogP contribution in [0.2, 0.25) is 0 Å². The largest absolute Gasteiger partial charge is 0.494 e. The summed E-state index contributed by atoms with van der Waals surface area (Å²) in [5, 5.41) is 5.49. The van der Waals surface area contributed by atoms with Crippen LogP contribution in [0.4, 0.5) is 5.95 Å². The Balaban J connectivity index is 1.47. The van der Waals surface area contributed by atoms with Crippen molar-refractivity contribution in [3.05, 3.63) is 53.6 Å². The standard InChI is InChI=1S/C20H21N7O/c1-12(26-10-13-5-4-8-22-15(13)11-26)9-17-23-19-14-6-3-7-16(28-2)18(14)24-20(21)27(19)25-17/h3-8,12H,9-11H2,1-2H3,(H2,21,24). The lowest BCUT2D eigenvalue weighted by atomic mass is 10.2. The third-order valence-electron chi connectivity index (χ3n) is 5.37. The van der Waals surface area contributed by atoms with Gasteiger partial charge in [0.1, 0.15) is 11.3 Å². The van der Waals surface area contributed by atoms with Gasteiger partial charge in [-0.3, -0.25) is 9.88 Å². The number of benzene rings is 1. The minimum Gasteiger partial charge on any atom is -0.494 e. The molecule has 1 aliphatic heterocycles. The van der Waals surface area contributed by atoms with E-state index in [4.69, 9.17) is 15.5 Å². The molecule has 0 amide bonds. The van der Waals surface area contributed by atoms with Gasteiger partial charge in [-0.05, 0) is 30.7 Å². The number of ether oxygens (including phenoxy) is 1. The van der Waals surface area contributed by atoms with Gasteiger partial charge in [0, 0.05) is 37.1 Å². The fourth-order valence-corrected chi connectivity index (χ4v) is 3.85. The van der Waals surface area contributed by atoms with Gasteiger partial charge >= 0.3 is 0 Å². The first-order chi connectivity index (χ1) is 13.6. The number of anilines is 1. The fourth-order valence-electron chi connectivity index (χ4n) is 3.85. The van der Waals surface area contributed by atoms with Crippen LogP contribution in [0.5, 0.6) is 5.75 Å². The molecular formula is C20H21N7O. The van der Waals surface area contributed by atoms with Crippen LogP contribution in [-0.2, 0) is 19.5 Å². The second kappa shape index (κ2) is 6.42. The van der Waals surface area contributed by atoms with E-state index in [0.29, 0.717) is 22.9 Å². The van der Waals surface area contributed by atoms with Crippen molar-refractivity contribution >= 4 is 22.5 Å². The molecule has 4 heterocycles. The Morgan fingerprint density at radius 1 is 1.18 bits per heavy atom. The van der Waals surface area contributed by atoms with Crippen molar-refractivity contribution in [1.29, 1.82) is 0 Å². The van der Waals surface area contributed by atoms with Crippen LogP contribution >= 0.6 is 0 Å². The molecule has 0 spiro atoms. The molecular weight excluding hydrogens is 354 g/mol. The number of nitrogens with two attached hydrogens (primary N) is 1. The Labute approximate surface area is 162 Å². The lowest BCUT2D eigenvalue weighted by molar-refractivity contribution is 0.208.